The third-order valence-electron chi connectivity index (χ3n) is 2.34. The van der Waals surface area contributed by atoms with Crippen molar-refractivity contribution >= 4 is 0 Å². The fourth-order valence-corrected chi connectivity index (χ4v) is 1.48. The third-order valence-corrected chi connectivity index (χ3v) is 2.34. The molecule has 0 saturated heterocycles. The fraction of sp³-hybridized carbons (Fsp3) is 1.00. The number of hydrogen-bond donors (Lipinski definition) is 2. The van der Waals surface area contributed by atoms with Crippen LogP contribution in [0.1, 0.15) is 60.8 Å². The van der Waals surface area contributed by atoms with Crippen LogP contribution in [0.25, 0.3) is 0 Å². The number of rotatable bonds is 7. The Bertz CT molecular complexity index is 143. The molecule has 0 aromatic heterocycles. The molecule has 0 heterocycles. The highest BCUT2D eigenvalue weighted by Crippen LogP contribution is 2.10. The van der Waals surface area contributed by atoms with Crippen LogP contribution < -0.4 is 10.6 Å². The van der Waals surface area contributed by atoms with E-state index < -0.39 is 0 Å². The summed E-state index contributed by atoms with van der Waals surface area (Å²) in [6.45, 7) is 16.9. The molecule has 0 aromatic rings. The van der Waals surface area contributed by atoms with Gasteiger partial charge in [-0.3, -0.25) is 0 Å². The van der Waals surface area contributed by atoms with Gasteiger partial charge in [0, 0.05) is 5.54 Å². The van der Waals surface area contributed by atoms with Gasteiger partial charge in [-0.25, -0.2) is 0 Å². The van der Waals surface area contributed by atoms with E-state index in [1.54, 1.807) is 0 Å². The Morgan fingerprint density at radius 1 is 0.750 bits per heavy atom. The molecule has 0 atom stereocenters. The smallest absolute Gasteiger partial charge is 0.00965 e. The zero-order valence-electron chi connectivity index (χ0n) is 12.2. The molecular weight excluding hydrogens is 196 g/mol. The molecule has 0 fully saturated rings. The van der Waals surface area contributed by atoms with Gasteiger partial charge in [-0.05, 0) is 58.7 Å². The second kappa shape index (κ2) is 7.29. The SMILES string of the molecule is CC(C)(C)CNCCCCCNC(C)(C)C. The van der Waals surface area contributed by atoms with Crippen LogP contribution in [0.15, 0.2) is 0 Å². The molecule has 2 heteroatoms. The van der Waals surface area contributed by atoms with Crippen molar-refractivity contribution in [2.45, 2.75) is 66.3 Å². The van der Waals surface area contributed by atoms with Gasteiger partial charge in [-0.1, -0.05) is 27.2 Å². The summed E-state index contributed by atoms with van der Waals surface area (Å²) in [4.78, 5) is 0. The van der Waals surface area contributed by atoms with Crippen molar-refractivity contribution in [3.8, 4) is 0 Å². The second-order valence-electron chi connectivity index (χ2n) is 6.97. The molecule has 0 saturated carbocycles. The van der Waals surface area contributed by atoms with Gasteiger partial charge in [0.25, 0.3) is 0 Å². The molecule has 0 aliphatic rings. The first-order valence-corrected chi connectivity index (χ1v) is 6.66. The number of hydrogen-bond acceptors (Lipinski definition) is 2. The summed E-state index contributed by atoms with van der Waals surface area (Å²) in [7, 11) is 0. The van der Waals surface area contributed by atoms with Gasteiger partial charge in [-0.2, -0.15) is 0 Å². The topological polar surface area (TPSA) is 24.1 Å². The van der Waals surface area contributed by atoms with E-state index in [1.165, 1.54) is 19.3 Å². The molecule has 98 valence electrons. The lowest BCUT2D eigenvalue weighted by Crippen LogP contribution is -2.36. The van der Waals surface area contributed by atoms with Crippen molar-refractivity contribution in [3.05, 3.63) is 0 Å². The van der Waals surface area contributed by atoms with Crippen molar-refractivity contribution < 1.29 is 0 Å². The predicted octanol–water partition coefficient (Wildman–Crippen LogP) is 3.18. The third kappa shape index (κ3) is 13.9. The van der Waals surface area contributed by atoms with Gasteiger partial charge < -0.3 is 10.6 Å². The maximum Gasteiger partial charge on any atom is 0.00965 e. The van der Waals surface area contributed by atoms with Crippen LogP contribution in [0.5, 0.6) is 0 Å². The normalized spacial score (nSPS) is 13.1. The summed E-state index contributed by atoms with van der Waals surface area (Å²) in [5.74, 6) is 0. The Hall–Kier alpha value is -0.0800. The summed E-state index contributed by atoms with van der Waals surface area (Å²) in [6.07, 6.45) is 3.90. The van der Waals surface area contributed by atoms with Gasteiger partial charge in [0.1, 0.15) is 0 Å². The molecular formula is C14H32N2. The van der Waals surface area contributed by atoms with Crippen LogP contribution in [-0.4, -0.2) is 25.2 Å². The largest absolute Gasteiger partial charge is 0.316 e. The first kappa shape index (κ1) is 15.9. The minimum atomic E-state index is 0.268. The summed E-state index contributed by atoms with van der Waals surface area (Å²) < 4.78 is 0. The van der Waals surface area contributed by atoms with Crippen LogP contribution in [0.3, 0.4) is 0 Å². The first-order valence-electron chi connectivity index (χ1n) is 6.66. The molecule has 0 unspecified atom stereocenters. The molecule has 2 nitrogen and oxygen atoms in total. The lowest BCUT2D eigenvalue weighted by atomic mass is 9.97. The highest BCUT2D eigenvalue weighted by Gasteiger charge is 2.08. The summed E-state index contributed by atoms with van der Waals surface area (Å²) in [6, 6.07) is 0. The van der Waals surface area contributed by atoms with Crippen LogP contribution in [0.2, 0.25) is 0 Å². The van der Waals surface area contributed by atoms with Gasteiger partial charge >= 0.3 is 0 Å². The number of unbranched alkanes of at least 4 members (excludes halogenated alkanes) is 2. The van der Waals surface area contributed by atoms with Crippen LogP contribution >= 0.6 is 0 Å². The zero-order valence-corrected chi connectivity index (χ0v) is 12.2. The summed E-state index contributed by atoms with van der Waals surface area (Å²) in [5.41, 5.74) is 0.679. The van der Waals surface area contributed by atoms with Crippen molar-refractivity contribution in [3.63, 3.8) is 0 Å². The molecule has 0 amide bonds. The van der Waals surface area contributed by atoms with E-state index in [0.29, 0.717) is 5.41 Å². The molecule has 0 aliphatic heterocycles. The van der Waals surface area contributed by atoms with Crippen LogP contribution in [0, 0.1) is 5.41 Å². The van der Waals surface area contributed by atoms with Gasteiger partial charge in [0.15, 0.2) is 0 Å². The molecule has 0 bridgehead atoms. The zero-order chi connectivity index (χ0) is 12.7. The standard InChI is InChI=1S/C14H32N2/c1-13(2,3)12-15-10-8-7-9-11-16-14(4,5)6/h15-16H,7-12H2,1-6H3. The van der Waals surface area contributed by atoms with Gasteiger partial charge in [0.05, 0.1) is 0 Å². The lowest BCUT2D eigenvalue weighted by Gasteiger charge is -2.20. The summed E-state index contributed by atoms with van der Waals surface area (Å²) in [5, 5.41) is 7.03. The highest BCUT2D eigenvalue weighted by atomic mass is 14.9. The fourth-order valence-electron chi connectivity index (χ4n) is 1.48. The van der Waals surface area contributed by atoms with Crippen molar-refractivity contribution in [1.29, 1.82) is 0 Å². The molecule has 2 N–H and O–H groups in total. The van der Waals surface area contributed by atoms with Gasteiger partial charge in [-0.15, -0.1) is 0 Å². The maximum atomic E-state index is 3.52. The van der Waals surface area contributed by atoms with E-state index in [0.717, 1.165) is 19.6 Å². The highest BCUT2D eigenvalue weighted by molar-refractivity contribution is 4.69. The Balaban J connectivity index is 3.17. The molecule has 0 radical (unpaired) electrons. The van der Waals surface area contributed by atoms with E-state index in [9.17, 15) is 0 Å². The molecule has 16 heavy (non-hydrogen) atoms. The van der Waals surface area contributed by atoms with Crippen molar-refractivity contribution in [2.75, 3.05) is 19.6 Å². The van der Waals surface area contributed by atoms with E-state index in [-0.39, 0.29) is 5.54 Å². The average molecular weight is 228 g/mol. The average Bonchev–Trinajstić information content (AvgIpc) is 2.06. The Morgan fingerprint density at radius 2 is 1.31 bits per heavy atom. The monoisotopic (exact) mass is 228 g/mol. The Labute approximate surface area is 103 Å². The molecule has 0 aliphatic carbocycles. The van der Waals surface area contributed by atoms with Gasteiger partial charge in [0.2, 0.25) is 0 Å². The van der Waals surface area contributed by atoms with E-state index in [4.69, 9.17) is 0 Å². The Morgan fingerprint density at radius 3 is 1.81 bits per heavy atom. The molecule has 0 spiro atoms. The predicted molar refractivity (Wildman–Crippen MR) is 73.9 cm³/mol. The molecule has 0 aromatic carbocycles. The Kier molecular flexibility index (Phi) is 7.25. The number of nitrogens with one attached hydrogen (secondary N) is 2. The van der Waals surface area contributed by atoms with Crippen molar-refractivity contribution in [1.82, 2.24) is 10.6 Å². The maximum absolute atomic E-state index is 3.52. The second-order valence-corrected chi connectivity index (χ2v) is 6.97. The van der Waals surface area contributed by atoms with Crippen molar-refractivity contribution in [2.24, 2.45) is 5.41 Å². The lowest BCUT2D eigenvalue weighted by molar-refractivity contribution is 0.375. The van der Waals surface area contributed by atoms with Crippen LogP contribution in [-0.2, 0) is 0 Å². The van der Waals surface area contributed by atoms with E-state index in [1.807, 2.05) is 0 Å². The summed E-state index contributed by atoms with van der Waals surface area (Å²) >= 11 is 0. The van der Waals surface area contributed by atoms with E-state index >= 15 is 0 Å². The first-order chi connectivity index (χ1) is 7.21. The minimum absolute atomic E-state index is 0.268. The quantitative estimate of drug-likeness (QED) is 0.654. The molecule has 0 rings (SSSR count). The van der Waals surface area contributed by atoms with Crippen LogP contribution in [0.4, 0.5) is 0 Å². The van der Waals surface area contributed by atoms with E-state index in [2.05, 4.69) is 52.2 Å². The minimum Gasteiger partial charge on any atom is -0.316 e.